The first kappa shape index (κ1) is 25.7. The second-order valence-electron chi connectivity index (χ2n) is 10.5. The Bertz CT molecular complexity index is 1370. The number of phenols is 1. The summed E-state index contributed by atoms with van der Waals surface area (Å²) in [6.07, 6.45) is 0.418. The van der Waals surface area contributed by atoms with E-state index in [1.165, 1.54) is 0 Å². The minimum Gasteiger partial charge on any atom is -0.507 e. The maximum Gasteiger partial charge on any atom is 0.230 e. The van der Waals surface area contributed by atoms with Crippen molar-refractivity contribution >= 4 is 34.7 Å². The summed E-state index contributed by atoms with van der Waals surface area (Å²) in [6.45, 7) is 0.166. The highest BCUT2D eigenvalue weighted by Crippen LogP contribution is 2.53. The topological polar surface area (TPSA) is 186 Å². The van der Waals surface area contributed by atoms with E-state index in [4.69, 9.17) is 5.73 Å². The Labute approximate surface area is 218 Å². The maximum absolute atomic E-state index is 13.7. The number of nitrogens with zero attached hydrogens (tertiary/aromatic N) is 2. The van der Waals surface area contributed by atoms with Crippen LogP contribution in [0.1, 0.15) is 29.5 Å². The van der Waals surface area contributed by atoms with E-state index in [0.29, 0.717) is 16.9 Å². The van der Waals surface area contributed by atoms with E-state index < -0.39 is 52.7 Å². The summed E-state index contributed by atoms with van der Waals surface area (Å²) in [5.74, 6) is -6.72. The van der Waals surface area contributed by atoms with Gasteiger partial charge in [0.2, 0.25) is 11.7 Å². The molecule has 0 aliphatic heterocycles. The molecule has 5 rings (SSSR count). The summed E-state index contributed by atoms with van der Waals surface area (Å²) in [4.78, 5) is 44.8. The normalized spacial score (nSPS) is 28.3. The molecule has 0 saturated heterocycles. The van der Waals surface area contributed by atoms with E-state index in [2.05, 4.69) is 10.3 Å². The minimum atomic E-state index is -2.60. The molecule has 200 valence electrons. The van der Waals surface area contributed by atoms with Crippen LogP contribution in [0.5, 0.6) is 5.75 Å². The summed E-state index contributed by atoms with van der Waals surface area (Å²) < 4.78 is 0. The Morgan fingerprint density at radius 3 is 2.61 bits per heavy atom. The Balaban J connectivity index is 1.61. The first-order chi connectivity index (χ1) is 18.0. The zero-order valence-corrected chi connectivity index (χ0v) is 21.0. The molecule has 3 aliphatic rings. The molecule has 0 bridgehead atoms. The molecular weight excluding hydrogens is 492 g/mol. The number of hydrogen-bond acceptors (Lipinski definition) is 10. The highest BCUT2D eigenvalue weighted by molar-refractivity contribution is 6.24. The number of rotatable bonds is 5. The number of benzene rings is 1. The number of nitrogens with two attached hydrogens (primary N) is 1. The molecule has 11 heteroatoms. The van der Waals surface area contributed by atoms with Crippen LogP contribution in [0.15, 0.2) is 36.0 Å². The van der Waals surface area contributed by atoms with Gasteiger partial charge in [-0.3, -0.25) is 14.4 Å². The van der Waals surface area contributed by atoms with Gasteiger partial charge in [0, 0.05) is 49.6 Å². The van der Waals surface area contributed by atoms with Crippen molar-refractivity contribution in [3.8, 4) is 5.75 Å². The number of pyridine rings is 1. The molecule has 2 aromatic rings. The van der Waals surface area contributed by atoms with Crippen LogP contribution >= 0.6 is 0 Å². The molecule has 1 aromatic heterocycles. The van der Waals surface area contributed by atoms with Crippen molar-refractivity contribution in [2.45, 2.75) is 37.5 Å². The Morgan fingerprint density at radius 1 is 1.24 bits per heavy atom. The van der Waals surface area contributed by atoms with Crippen molar-refractivity contribution in [1.82, 2.24) is 4.98 Å². The number of aromatic nitrogens is 1. The number of primary amides is 1. The lowest BCUT2D eigenvalue weighted by Crippen LogP contribution is -2.66. The van der Waals surface area contributed by atoms with Gasteiger partial charge in [-0.05, 0) is 48.9 Å². The number of carbonyl (C=O) groups excluding carboxylic acids is 3. The van der Waals surface area contributed by atoms with Crippen LogP contribution in [0.25, 0.3) is 5.76 Å². The van der Waals surface area contributed by atoms with Gasteiger partial charge in [0.25, 0.3) is 0 Å². The smallest absolute Gasteiger partial charge is 0.230 e. The Morgan fingerprint density at radius 2 is 1.97 bits per heavy atom. The Hall–Kier alpha value is -3.96. The van der Waals surface area contributed by atoms with Gasteiger partial charge in [-0.1, -0.05) is 6.07 Å². The minimum absolute atomic E-state index is 0.0606. The largest absolute Gasteiger partial charge is 0.507 e. The van der Waals surface area contributed by atoms with Gasteiger partial charge >= 0.3 is 0 Å². The first-order valence-electron chi connectivity index (χ1n) is 12.4. The highest BCUT2D eigenvalue weighted by atomic mass is 16.3. The third kappa shape index (κ3) is 3.72. The van der Waals surface area contributed by atoms with Gasteiger partial charge in [0.05, 0.1) is 11.7 Å². The van der Waals surface area contributed by atoms with Crippen LogP contribution in [0.4, 0.5) is 11.5 Å². The standard InChI is InChI=1S/C27H30N4O7/c1-31(2)16-9-13(11-30-18-5-3-4-6-29-18)22(33)20-15(16)8-12-7-14-10-17(32)21(26(28)37)25(36)27(14,38)24(35)19(12)23(20)34/h3-6,9,12,14,17,21,32-34,38H,7-8,10-11H2,1-2H3,(H2,28,37)(H,29,30)/t12-,14+,17?,21?,27+/m1/s1. The third-order valence-corrected chi connectivity index (χ3v) is 8.05. The van der Waals surface area contributed by atoms with Gasteiger partial charge in [-0.25, -0.2) is 4.98 Å². The zero-order chi connectivity index (χ0) is 27.5. The second kappa shape index (κ2) is 9.10. The van der Waals surface area contributed by atoms with Crippen molar-refractivity contribution in [2.75, 3.05) is 24.3 Å². The fourth-order valence-electron chi connectivity index (χ4n) is 6.21. The molecule has 0 radical (unpaired) electrons. The molecule has 38 heavy (non-hydrogen) atoms. The number of amides is 1. The molecule has 2 saturated carbocycles. The molecule has 3 aliphatic carbocycles. The highest BCUT2D eigenvalue weighted by Gasteiger charge is 2.64. The van der Waals surface area contributed by atoms with Crippen molar-refractivity contribution < 1.29 is 34.8 Å². The van der Waals surface area contributed by atoms with Crippen LogP contribution < -0.4 is 16.0 Å². The number of phenolic OH excluding ortho intramolecular Hbond substituents is 1. The third-order valence-electron chi connectivity index (χ3n) is 8.05. The van der Waals surface area contributed by atoms with Gasteiger partial charge < -0.3 is 36.4 Å². The molecule has 2 unspecified atom stereocenters. The summed E-state index contributed by atoms with van der Waals surface area (Å²) in [7, 11) is 3.65. The molecule has 1 heterocycles. The monoisotopic (exact) mass is 522 g/mol. The van der Waals surface area contributed by atoms with Gasteiger partial charge in [-0.15, -0.1) is 0 Å². The van der Waals surface area contributed by atoms with Crippen molar-refractivity contribution in [2.24, 2.45) is 23.5 Å². The molecule has 1 aromatic carbocycles. The van der Waals surface area contributed by atoms with Crippen LogP contribution in [-0.4, -0.2) is 68.7 Å². The van der Waals surface area contributed by atoms with Crippen LogP contribution in [-0.2, 0) is 27.3 Å². The van der Waals surface area contributed by atoms with Gasteiger partial charge in [0.1, 0.15) is 23.2 Å². The second-order valence-corrected chi connectivity index (χ2v) is 10.5. The van der Waals surface area contributed by atoms with E-state index in [9.17, 15) is 34.8 Å². The number of aromatic hydroxyl groups is 1. The van der Waals surface area contributed by atoms with Crippen molar-refractivity contribution in [3.05, 3.63) is 52.7 Å². The number of anilines is 2. The molecule has 0 spiro atoms. The average Bonchev–Trinajstić information content (AvgIpc) is 2.86. The molecular formula is C27H30N4O7. The number of aliphatic hydroxyl groups excluding tert-OH is 2. The molecule has 1 amide bonds. The fourth-order valence-corrected chi connectivity index (χ4v) is 6.21. The number of fused-ring (bicyclic) bond motifs is 3. The summed E-state index contributed by atoms with van der Waals surface area (Å²) in [6, 6.07) is 7.15. The van der Waals surface area contributed by atoms with E-state index in [-0.39, 0.29) is 42.7 Å². The average molecular weight is 523 g/mol. The Kier molecular flexibility index (Phi) is 6.15. The van der Waals surface area contributed by atoms with Gasteiger partial charge in [0.15, 0.2) is 11.4 Å². The van der Waals surface area contributed by atoms with E-state index in [0.717, 1.165) is 5.69 Å². The lowest BCUT2D eigenvalue weighted by molar-refractivity contribution is -0.174. The van der Waals surface area contributed by atoms with Crippen LogP contribution in [0.3, 0.4) is 0 Å². The summed E-state index contributed by atoms with van der Waals surface area (Å²) >= 11 is 0. The first-order valence-corrected chi connectivity index (χ1v) is 12.4. The van der Waals surface area contributed by atoms with E-state index in [1.807, 2.05) is 25.1 Å². The van der Waals surface area contributed by atoms with Crippen molar-refractivity contribution in [3.63, 3.8) is 0 Å². The number of nitrogens with one attached hydrogen (secondary N) is 1. The van der Waals surface area contributed by atoms with Crippen LogP contribution in [0.2, 0.25) is 0 Å². The summed E-state index contributed by atoms with van der Waals surface area (Å²) in [5, 5.41) is 47.6. The zero-order valence-electron chi connectivity index (χ0n) is 21.0. The molecule has 5 atom stereocenters. The molecule has 2 fully saturated rings. The molecule has 11 nitrogen and oxygen atoms in total. The van der Waals surface area contributed by atoms with Crippen LogP contribution in [0, 0.1) is 17.8 Å². The van der Waals surface area contributed by atoms with E-state index in [1.54, 1.807) is 24.4 Å². The number of Topliss-reactive ketones (excluding diaryl/α,β-unsaturated/α-hetero) is 2. The number of ketones is 2. The lowest BCUT2D eigenvalue weighted by Gasteiger charge is -2.48. The predicted molar refractivity (Wildman–Crippen MR) is 137 cm³/mol. The number of hydrogen-bond donors (Lipinski definition) is 6. The molecule has 7 N–H and O–H groups in total. The fraction of sp³-hybridized carbons (Fsp3) is 0.407. The van der Waals surface area contributed by atoms with Crippen molar-refractivity contribution in [1.29, 1.82) is 0 Å². The van der Waals surface area contributed by atoms with Gasteiger partial charge in [-0.2, -0.15) is 0 Å². The van der Waals surface area contributed by atoms with E-state index >= 15 is 0 Å². The summed E-state index contributed by atoms with van der Waals surface area (Å²) in [5.41, 5.74) is 4.37. The number of carbonyl (C=O) groups is 3. The predicted octanol–water partition coefficient (Wildman–Crippen LogP) is 0.662. The number of aliphatic hydroxyl groups is 3. The lowest BCUT2D eigenvalue weighted by atomic mass is 9.56. The quantitative estimate of drug-likeness (QED) is 0.305. The maximum atomic E-state index is 13.7. The SMILES string of the molecule is CN(C)c1cc(CNc2ccccn2)c(O)c2c1C[C@H]1C[C@H]3CC(O)C(C(N)=O)C(=O)[C@@]3(O)C(=O)C1=C2O.